The van der Waals surface area contributed by atoms with E-state index < -0.39 is 0 Å². The molecule has 0 spiro atoms. The van der Waals surface area contributed by atoms with Gasteiger partial charge in [0, 0.05) is 44.6 Å². The molecule has 156 valence electrons. The van der Waals surface area contributed by atoms with Crippen LogP contribution in [-0.2, 0) is 22.6 Å². The highest BCUT2D eigenvalue weighted by Crippen LogP contribution is 2.20. The Labute approximate surface area is 173 Å². The van der Waals surface area contributed by atoms with Gasteiger partial charge >= 0.3 is 0 Å². The van der Waals surface area contributed by atoms with Gasteiger partial charge in [-0.15, -0.1) is 0 Å². The van der Waals surface area contributed by atoms with Gasteiger partial charge in [-0.1, -0.05) is 35.5 Å². The summed E-state index contributed by atoms with van der Waals surface area (Å²) < 4.78 is 18.9. The normalized spacial score (nSPS) is 10.7. The molecule has 2 aromatic carbocycles. The Hall–Kier alpha value is -3.55. The van der Waals surface area contributed by atoms with Crippen LogP contribution in [0.3, 0.4) is 0 Å². The van der Waals surface area contributed by atoms with Gasteiger partial charge in [-0.05, 0) is 30.2 Å². The number of amides is 2. The molecule has 30 heavy (non-hydrogen) atoms. The Kier molecular flexibility index (Phi) is 6.56. The maximum atomic E-state index is 13.7. The van der Waals surface area contributed by atoms with Crippen LogP contribution in [0.5, 0.6) is 0 Å². The topological polar surface area (TPSA) is 88.3 Å². The van der Waals surface area contributed by atoms with Gasteiger partial charge in [-0.2, -0.15) is 4.98 Å². The fourth-order valence-electron chi connectivity index (χ4n) is 2.79. The van der Waals surface area contributed by atoms with Crippen LogP contribution in [0.2, 0.25) is 0 Å². The fraction of sp³-hybridized carbons (Fsp3) is 0.273. The fourth-order valence-corrected chi connectivity index (χ4v) is 2.79. The first-order valence-corrected chi connectivity index (χ1v) is 9.52. The predicted octanol–water partition coefficient (Wildman–Crippen LogP) is 3.73. The van der Waals surface area contributed by atoms with E-state index in [1.54, 1.807) is 37.1 Å². The third kappa shape index (κ3) is 5.28. The number of carbonyl (C=O) groups excluding carboxylic acids is 2. The number of nitrogens with zero attached hydrogens (tertiary/aromatic N) is 3. The Balaban J connectivity index is 1.60. The Morgan fingerprint density at radius 3 is 2.70 bits per heavy atom. The molecule has 0 aliphatic carbocycles. The number of carbonyl (C=O) groups is 2. The number of aromatic nitrogens is 2. The molecule has 3 rings (SSSR count). The van der Waals surface area contributed by atoms with E-state index in [1.807, 2.05) is 18.2 Å². The number of nitrogens with one attached hydrogen (secondary N) is 1. The van der Waals surface area contributed by atoms with Gasteiger partial charge in [0.15, 0.2) is 0 Å². The van der Waals surface area contributed by atoms with Gasteiger partial charge in [0.2, 0.25) is 23.5 Å². The van der Waals surface area contributed by atoms with Crippen molar-refractivity contribution in [3.63, 3.8) is 0 Å². The highest BCUT2D eigenvalue weighted by atomic mass is 19.1. The molecule has 0 atom stereocenters. The zero-order valence-corrected chi connectivity index (χ0v) is 17.1. The van der Waals surface area contributed by atoms with Crippen LogP contribution < -0.4 is 5.32 Å². The minimum atomic E-state index is -0.340. The predicted molar refractivity (Wildman–Crippen MR) is 110 cm³/mol. The first kappa shape index (κ1) is 21.2. The van der Waals surface area contributed by atoms with E-state index in [9.17, 15) is 14.0 Å². The van der Waals surface area contributed by atoms with Crippen LogP contribution in [0.15, 0.2) is 47.0 Å². The molecule has 2 amide bonds. The molecule has 0 aliphatic rings. The first-order valence-electron chi connectivity index (χ1n) is 9.52. The summed E-state index contributed by atoms with van der Waals surface area (Å²) in [5.74, 6) is -0.0363. The van der Waals surface area contributed by atoms with Crippen LogP contribution in [0, 0.1) is 12.7 Å². The second-order valence-corrected chi connectivity index (χ2v) is 7.06. The molecule has 0 bridgehead atoms. The molecule has 0 radical (unpaired) electrons. The van der Waals surface area contributed by atoms with E-state index in [4.69, 9.17) is 4.52 Å². The van der Waals surface area contributed by atoms with E-state index in [0.29, 0.717) is 29.2 Å². The molecule has 1 heterocycles. The summed E-state index contributed by atoms with van der Waals surface area (Å²) in [6, 6.07) is 12.0. The number of halogens is 1. The molecule has 1 aromatic heterocycles. The van der Waals surface area contributed by atoms with Gasteiger partial charge in [-0.25, -0.2) is 4.39 Å². The molecule has 0 saturated heterocycles. The van der Waals surface area contributed by atoms with E-state index in [1.165, 1.54) is 13.0 Å². The number of aryl methyl sites for hydroxylation is 2. The third-order valence-corrected chi connectivity index (χ3v) is 4.70. The lowest BCUT2D eigenvalue weighted by atomic mass is 10.1. The maximum Gasteiger partial charge on any atom is 0.227 e. The highest BCUT2D eigenvalue weighted by Gasteiger charge is 2.14. The molecule has 0 saturated carbocycles. The van der Waals surface area contributed by atoms with Crippen LogP contribution in [0.4, 0.5) is 10.1 Å². The Bertz CT molecular complexity index is 1060. The molecule has 0 unspecified atom stereocenters. The minimum absolute atomic E-state index is 0.0585. The van der Waals surface area contributed by atoms with E-state index >= 15 is 0 Å². The summed E-state index contributed by atoms with van der Waals surface area (Å²) in [4.78, 5) is 29.7. The second-order valence-electron chi connectivity index (χ2n) is 7.06. The first-order chi connectivity index (χ1) is 14.3. The zero-order chi connectivity index (χ0) is 21.7. The molecular formula is C22H23FN4O3. The van der Waals surface area contributed by atoms with E-state index in [2.05, 4.69) is 15.5 Å². The van der Waals surface area contributed by atoms with Gasteiger partial charge in [0.05, 0.1) is 0 Å². The van der Waals surface area contributed by atoms with Crippen LogP contribution >= 0.6 is 0 Å². The largest absolute Gasteiger partial charge is 0.342 e. The number of hydrogen-bond donors (Lipinski definition) is 1. The summed E-state index contributed by atoms with van der Waals surface area (Å²) >= 11 is 0. The zero-order valence-electron chi connectivity index (χ0n) is 17.1. The molecule has 0 fully saturated rings. The molecular weight excluding hydrogens is 387 g/mol. The van der Waals surface area contributed by atoms with Crippen molar-refractivity contribution >= 4 is 17.5 Å². The number of hydrogen-bond acceptors (Lipinski definition) is 5. The summed E-state index contributed by atoms with van der Waals surface area (Å²) in [5.41, 5.74) is 2.54. The minimum Gasteiger partial charge on any atom is -0.342 e. The number of anilines is 1. The lowest BCUT2D eigenvalue weighted by Crippen LogP contribution is -2.24. The average Bonchev–Trinajstić information content (AvgIpc) is 3.19. The maximum absolute atomic E-state index is 13.7. The van der Waals surface area contributed by atoms with Gasteiger partial charge in [-0.3, -0.25) is 9.59 Å². The summed E-state index contributed by atoms with van der Waals surface area (Å²) in [7, 11) is 1.70. The lowest BCUT2D eigenvalue weighted by Gasteiger charge is -2.17. The van der Waals surface area contributed by atoms with Crippen molar-refractivity contribution in [3.8, 4) is 11.4 Å². The van der Waals surface area contributed by atoms with Gasteiger partial charge in [0.25, 0.3) is 0 Å². The van der Waals surface area contributed by atoms with E-state index in [0.717, 1.165) is 5.56 Å². The van der Waals surface area contributed by atoms with Gasteiger partial charge in [0.1, 0.15) is 5.82 Å². The SMILES string of the molecule is CC(=O)N(C)Cc1ccccc1NC(=O)CCc1nc(-c2ccc(C)c(F)c2)no1. The van der Waals surface area contributed by atoms with Crippen molar-refractivity contribution in [1.82, 2.24) is 15.0 Å². The molecule has 0 aliphatic heterocycles. The van der Waals surface area contributed by atoms with Crippen LogP contribution in [0.25, 0.3) is 11.4 Å². The number of benzene rings is 2. The summed E-state index contributed by atoms with van der Waals surface area (Å²) in [6.45, 7) is 3.56. The summed E-state index contributed by atoms with van der Waals surface area (Å²) in [6.07, 6.45) is 0.392. The molecule has 7 nitrogen and oxygen atoms in total. The van der Waals surface area contributed by atoms with Crippen molar-refractivity contribution in [2.75, 3.05) is 12.4 Å². The second kappa shape index (κ2) is 9.30. The Morgan fingerprint density at radius 1 is 1.20 bits per heavy atom. The smallest absolute Gasteiger partial charge is 0.227 e. The van der Waals surface area contributed by atoms with Crippen LogP contribution in [0.1, 0.15) is 30.4 Å². The highest BCUT2D eigenvalue weighted by molar-refractivity contribution is 5.91. The quantitative estimate of drug-likeness (QED) is 0.641. The van der Waals surface area contributed by atoms with Crippen molar-refractivity contribution in [3.05, 3.63) is 65.3 Å². The standard InChI is InChI=1S/C22H23FN4O3/c1-14-8-9-16(12-18(14)23)22-25-21(30-26-22)11-10-20(29)24-19-7-5-4-6-17(19)13-27(3)15(2)28/h4-9,12H,10-11,13H2,1-3H3,(H,24,29). The molecule has 3 aromatic rings. The monoisotopic (exact) mass is 410 g/mol. The third-order valence-electron chi connectivity index (χ3n) is 4.70. The van der Waals surface area contributed by atoms with Crippen LogP contribution in [-0.4, -0.2) is 33.9 Å². The Morgan fingerprint density at radius 2 is 1.97 bits per heavy atom. The van der Waals surface area contributed by atoms with Crippen molar-refractivity contribution < 1.29 is 18.5 Å². The number of rotatable bonds is 7. The average molecular weight is 410 g/mol. The number of para-hydroxylation sites is 1. The van der Waals surface area contributed by atoms with Crippen molar-refractivity contribution in [2.24, 2.45) is 0 Å². The van der Waals surface area contributed by atoms with Gasteiger partial charge < -0.3 is 14.7 Å². The lowest BCUT2D eigenvalue weighted by molar-refractivity contribution is -0.128. The van der Waals surface area contributed by atoms with E-state index in [-0.39, 0.29) is 36.3 Å². The molecule has 1 N–H and O–H groups in total. The van der Waals surface area contributed by atoms with Crippen molar-refractivity contribution in [2.45, 2.75) is 33.2 Å². The molecule has 8 heteroatoms. The van der Waals surface area contributed by atoms with Crippen molar-refractivity contribution in [1.29, 1.82) is 0 Å². The summed E-state index contributed by atoms with van der Waals surface area (Å²) in [5, 5.41) is 6.72.